The Balaban J connectivity index is 0.000000501. The molecule has 0 radical (unpaired) electrons. The molecular weight excluding hydrogens is 394 g/mol. The summed E-state index contributed by atoms with van der Waals surface area (Å²) >= 11 is 0. The molecule has 162 valence electrons. The van der Waals surface area contributed by atoms with Crippen molar-refractivity contribution in [1.82, 2.24) is 4.90 Å². The summed E-state index contributed by atoms with van der Waals surface area (Å²) in [5.41, 5.74) is 3.85. The number of hydrogen-bond donors (Lipinski definition) is 2. The van der Waals surface area contributed by atoms with Crippen LogP contribution in [0.5, 0.6) is 5.75 Å². The molecule has 3 aromatic rings. The van der Waals surface area contributed by atoms with Crippen molar-refractivity contribution in [1.29, 1.82) is 0 Å². The zero-order valence-corrected chi connectivity index (χ0v) is 17.5. The number of ether oxygens (including phenoxy) is 1. The second-order valence-electron chi connectivity index (χ2n) is 6.82. The summed E-state index contributed by atoms with van der Waals surface area (Å²) in [6.45, 7) is 5.77. The highest BCUT2D eigenvalue weighted by molar-refractivity contribution is 6.27. The highest BCUT2D eigenvalue weighted by Crippen LogP contribution is 2.16. The van der Waals surface area contributed by atoms with E-state index in [4.69, 9.17) is 24.5 Å². The minimum absolute atomic E-state index is 0.606. The molecule has 6 heteroatoms. The molecule has 6 nitrogen and oxygen atoms in total. The Labute approximate surface area is 182 Å². The normalized spacial score (nSPS) is 10.1. The summed E-state index contributed by atoms with van der Waals surface area (Å²) in [4.78, 5) is 20.6. The molecule has 0 aliphatic heterocycles. The summed E-state index contributed by atoms with van der Waals surface area (Å²) in [7, 11) is 0. The molecule has 3 rings (SSSR count). The van der Waals surface area contributed by atoms with E-state index < -0.39 is 11.9 Å². The van der Waals surface area contributed by atoms with Gasteiger partial charge in [0.2, 0.25) is 0 Å². The van der Waals surface area contributed by atoms with E-state index in [9.17, 15) is 0 Å². The Bertz CT molecular complexity index is 915. The molecule has 0 amide bonds. The lowest BCUT2D eigenvalue weighted by Crippen LogP contribution is -2.22. The highest BCUT2D eigenvalue weighted by Gasteiger charge is 2.06. The Morgan fingerprint density at radius 1 is 0.710 bits per heavy atom. The van der Waals surface area contributed by atoms with E-state index in [1.807, 2.05) is 18.2 Å². The number of aliphatic carboxylic acids is 2. The number of carboxylic acid groups (broad SMARTS) is 2. The van der Waals surface area contributed by atoms with Crippen LogP contribution in [0.15, 0.2) is 84.9 Å². The fourth-order valence-electron chi connectivity index (χ4n) is 2.81. The Kier molecular flexibility index (Phi) is 9.78. The SMILES string of the molecule is CCN(Cc1ccccc1)Cc1ccc(OCc2ccccc2)cc1.O=C(O)C(=O)O. The molecule has 0 atom stereocenters. The maximum Gasteiger partial charge on any atom is 0.414 e. The third kappa shape index (κ3) is 9.14. The van der Waals surface area contributed by atoms with Gasteiger partial charge in [0.25, 0.3) is 0 Å². The van der Waals surface area contributed by atoms with E-state index in [1.54, 1.807) is 0 Å². The fraction of sp³-hybridized carbons (Fsp3) is 0.200. The first kappa shape index (κ1) is 23.6. The summed E-state index contributed by atoms with van der Waals surface area (Å²) in [6, 6.07) is 29.3. The van der Waals surface area contributed by atoms with E-state index in [0.717, 1.165) is 25.4 Å². The van der Waals surface area contributed by atoms with E-state index >= 15 is 0 Å². The molecule has 0 aromatic heterocycles. The van der Waals surface area contributed by atoms with Crippen LogP contribution in [0.25, 0.3) is 0 Å². The van der Waals surface area contributed by atoms with Gasteiger partial charge in [-0.1, -0.05) is 79.7 Å². The van der Waals surface area contributed by atoms with Gasteiger partial charge in [0.15, 0.2) is 0 Å². The van der Waals surface area contributed by atoms with Crippen molar-refractivity contribution in [3.8, 4) is 5.75 Å². The van der Waals surface area contributed by atoms with Crippen LogP contribution in [-0.4, -0.2) is 33.6 Å². The van der Waals surface area contributed by atoms with Crippen LogP contribution in [-0.2, 0) is 29.3 Å². The fourth-order valence-corrected chi connectivity index (χ4v) is 2.81. The van der Waals surface area contributed by atoms with Gasteiger partial charge in [-0.3, -0.25) is 4.90 Å². The van der Waals surface area contributed by atoms with Crippen LogP contribution in [0.1, 0.15) is 23.6 Å². The highest BCUT2D eigenvalue weighted by atomic mass is 16.5. The van der Waals surface area contributed by atoms with Crippen LogP contribution < -0.4 is 4.74 Å². The van der Waals surface area contributed by atoms with Gasteiger partial charge in [0, 0.05) is 13.1 Å². The van der Waals surface area contributed by atoms with Crippen molar-refractivity contribution in [2.45, 2.75) is 26.6 Å². The average Bonchev–Trinajstić information content (AvgIpc) is 2.80. The number of nitrogens with zero attached hydrogens (tertiary/aromatic N) is 1. The minimum atomic E-state index is -1.82. The van der Waals surface area contributed by atoms with Crippen LogP contribution in [0, 0.1) is 0 Å². The molecule has 0 unspecified atom stereocenters. The maximum atomic E-state index is 9.10. The van der Waals surface area contributed by atoms with Crippen molar-refractivity contribution < 1.29 is 24.5 Å². The Morgan fingerprint density at radius 3 is 1.61 bits per heavy atom. The first-order chi connectivity index (χ1) is 15.0. The first-order valence-electron chi connectivity index (χ1n) is 9.96. The van der Waals surface area contributed by atoms with Crippen LogP contribution in [0.2, 0.25) is 0 Å². The molecule has 2 N–H and O–H groups in total. The molecule has 0 aliphatic rings. The lowest BCUT2D eigenvalue weighted by molar-refractivity contribution is -0.159. The third-order valence-corrected chi connectivity index (χ3v) is 4.46. The van der Waals surface area contributed by atoms with E-state index in [1.165, 1.54) is 16.7 Å². The molecule has 0 saturated carbocycles. The summed E-state index contributed by atoms with van der Waals surface area (Å²) < 4.78 is 5.86. The zero-order chi connectivity index (χ0) is 22.5. The van der Waals surface area contributed by atoms with Gasteiger partial charge >= 0.3 is 11.9 Å². The van der Waals surface area contributed by atoms with Crippen LogP contribution in [0.3, 0.4) is 0 Å². The summed E-state index contributed by atoms with van der Waals surface area (Å²) in [5, 5.41) is 14.8. The quantitative estimate of drug-likeness (QED) is 0.523. The molecule has 31 heavy (non-hydrogen) atoms. The smallest absolute Gasteiger partial charge is 0.414 e. The third-order valence-electron chi connectivity index (χ3n) is 4.46. The van der Waals surface area contributed by atoms with Gasteiger partial charge in [0.1, 0.15) is 12.4 Å². The molecule has 0 heterocycles. The monoisotopic (exact) mass is 421 g/mol. The van der Waals surface area contributed by atoms with Gasteiger partial charge in [-0.15, -0.1) is 0 Å². The summed E-state index contributed by atoms with van der Waals surface area (Å²) in [5.74, 6) is -2.73. The molecule has 0 aliphatic carbocycles. The van der Waals surface area contributed by atoms with Crippen LogP contribution >= 0.6 is 0 Å². The van der Waals surface area contributed by atoms with Gasteiger partial charge in [-0.25, -0.2) is 9.59 Å². The molecule has 3 aromatic carbocycles. The largest absolute Gasteiger partial charge is 0.489 e. The van der Waals surface area contributed by atoms with Gasteiger partial charge in [-0.2, -0.15) is 0 Å². The number of rotatable bonds is 8. The summed E-state index contributed by atoms with van der Waals surface area (Å²) in [6.07, 6.45) is 0. The number of carboxylic acids is 2. The van der Waals surface area contributed by atoms with Crippen molar-refractivity contribution in [3.63, 3.8) is 0 Å². The van der Waals surface area contributed by atoms with Crippen molar-refractivity contribution >= 4 is 11.9 Å². The second kappa shape index (κ2) is 12.8. The molecule has 0 spiro atoms. The Morgan fingerprint density at radius 2 is 1.16 bits per heavy atom. The standard InChI is InChI=1S/C23H25NO.C2H2O4/c1-2-24(17-20-9-5-3-6-10-20)18-21-13-15-23(16-14-21)25-19-22-11-7-4-8-12-22;3-1(4)2(5)6/h3-16H,2,17-19H2,1H3;(H,3,4)(H,5,6). The number of benzene rings is 3. The van der Waals surface area contributed by atoms with Gasteiger partial charge in [0.05, 0.1) is 0 Å². The van der Waals surface area contributed by atoms with Crippen molar-refractivity contribution in [3.05, 3.63) is 102 Å². The van der Waals surface area contributed by atoms with E-state index in [2.05, 4.69) is 78.6 Å². The van der Waals surface area contributed by atoms with Crippen molar-refractivity contribution in [2.75, 3.05) is 6.54 Å². The first-order valence-corrected chi connectivity index (χ1v) is 9.96. The predicted molar refractivity (Wildman–Crippen MR) is 119 cm³/mol. The minimum Gasteiger partial charge on any atom is -0.489 e. The predicted octanol–water partition coefficient (Wildman–Crippen LogP) is 4.44. The lowest BCUT2D eigenvalue weighted by Gasteiger charge is -2.20. The molecular formula is C25H27NO5. The maximum absolute atomic E-state index is 9.10. The number of carbonyl (C=O) groups is 2. The lowest BCUT2D eigenvalue weighted by atomic mass is 10.1. The molecule has 0 saturated heterocycles. The second-order valence-corrected chi connectivity index (χ2v) is 6.82. The Hall–Kier alpha value is -3.64. The van der Waals surface area contributed by atoms with Gasteiger partial charge < -0.3 is 14.9 Å². The van der Waals surface area contributed by atoms with Gasteiger partial charge in [-0.05, 0) is 35.4 Å². The molecule has 0 fully saturated rings. The zero-order valence-electron chi connectivity index (χ0n) is 17.5. The van der Waals surface area contributed by atoms with Crippen LogP contribution in [0.4, 0.5) is 0 Å². The number of hydrogen-bond acceptors (Lipinski definition) is 4. The van der Waals surface area contributed by atoms with E-state index in [0.29, 0.717) is 6.61 Å². The topological polar surface area (TPSA) is 87.1 Å². The molecule has 0 bridgehead atoms. The average molecular weight is 421 g/mol. The van der Waals surface area contributed by atoms with E-state index in [-0.39, 0.29) is 0 Å². The van der Waals surface area contributed by atoms with Crippen molar-refractivity contribution in [2.24, 2.45) is 0 Å².